The first-order chi connectivity index (χ1) is 15.6. The van der Waals surface area contributed by atoms with Crippen molar-refractivity contribution in [2.24, 2.45) is 7.05 Å². The molecule has 1 saturated heterocycles. The number of carbonyl (C=O) groups excluding carboxylic acids is 1. The monoisotopic (exact) mass is 431 g/mol. The van der Waals surface area contributed by atoms with Gasteiger partial charge >= 0.3 is 0 Å². The molecule has 2 N–H and O–H groups in total. The van der Waals surface area contributed by atoms with Crippen molar-refractivity contribution in [1.29, 1.82) is 0 Å². The van der Waals surface area contributed by atoms with Crippen molar-refractivity contribution >= 4 is 11.6 Å². The van der Waals surface area contributed by atoms with Gasteiger partial charge in [0.25, 0.3) is 0 Å². The number of piperidine rings is 1. The zero-order valence-electron chi connectivity index (χ0n) is 19.1. The Morgan fingerprint density at radius 3 is 2.38 bits per heavy atom. The maximum atomic E-state index is 12.3. The van der Waals surface area contributed by atoms with Crippen LogP contribution >= 0.6 is 0 Å². The first kappa shape index (κ1) is 22.1. The van der Waals surface area contributed by atoms with Crippen LogP contribution in [0.2, 0.25) is 0 Å². The van der Waals surface area contributed by atoms with Crippen LogP contribution in [0.25, 0.3) is 0 Å². The SMILES string of the molecule is Cc1cc(CNC2CCN(c3ccc(CC(=O)NCc4ccccc4)cc3)CC2)nn1C. The molecule has 0 radical (unpaired) electrons. The van der Waals surface area contributed by atoms with Crippen LogP contribution in [0.5, 0.6) is 0 Å². The number of aromatic nitrogens is 2. The summed E-state index contributed by atoms with van der Waals surface area (Å²) in [5.74, 6) is 0.0524. The number of carbonyl (C=O) groups is 1. The molecule has 2 heterocycles. The summed E-state index contributed by atoms with van der Waals surface area (Å²) < 4.78 is 1.93. The van der Waals surface area contributed by atoms with Gasteiger partial charge in [0.2, 0.25) is 5.91 Å². The largest absolute Gasteiger partial charge is 0.371 e. The summed E-state index contributed by atoms with van der Waals surface area (Å²) in [6, 6.07) is 21.1. The van der Waals surface area contributed by atoms with Crippen molar-refractivity contribution in [3.8, 4) is 0 Å². The molecule has 32 heavy (non-hydrogen) atoms. The number of rotatable bonds is 8. The third-order valence-electron chi connectivity index (χ3n) is 6.23. The van der Waals surface area contributed by atoms with Gasteiger partial charge in [-0.15, -0.1) is 0 Å². The molecule has 1 fully saturated rings. The van der Waals surface area contributed by atoms with Crippen LogP contribution in [0.15, 0.2) is 60.7 Å². The van der Waals surface area contributed by atoms with Crippen LogP contribution in [-0.4, -0.2) is 34.8 Å². The standard InChI is InChI=1S/C26H33N5O/c1-20-16-24(29-30(20)2)19-27-23-12-14-31(15-13-23)25-10-8-21(9-11-25)17-26(32)28-18-22-6-4-3-5-7-22/h3-11,16,23,27H,12-15,17-19H2,1-2H3,(H,28,32). The van der Waals surface area contributed by atoms with Crippen LogP contribution in [-0.2, 0) is 31.4 Å². The third kappa shape index (κ3) is 5.98. The minimum atomic E-state index is 0.0524. The van der Waals surface area contributed by atoms with E-state index in [4.69, 9.17) is 0 Å². The van der Waals surface area contributed by atoms with Crippen molar-refractivity contribution in [1.82, 2.24) is 20.4 Å². The number of hydrogen-bond donors (Lipinski definition) is 2. The molecule has 0 atom stereocenters. The molecule has 0 unspecified atom stereocenters. The number of amides is 1. The number of benzene rings is 2. The maximum Gasteiger partial charge on any atom is 0.224 e. The quantitative estimate of drug-likeness (QED) is 0.574. The molecule has 1 aliphatic heterocycles. The Morgan fingerprint density at radius 1 is 1.00 bits per heavy atom. The first-order valence-electron chi connectivity index (χ1n) is 11.4. The highest BCUT2D eigenvalue weighted by Crippen LogP contribution is 2.21. The van der Waals surface area contributed by atoms with E-state index in [1.165, 1.54) is 11.4 Å². The van der Waals surface area contributed by atoms with E-state index in [9.17, 15) is 4.79 Å². The van der Waals surface area contributed by atoms with E-state index in [1.807, 2.05) is 42.1 Å². The predicted molar refractivity (Wildman–Crippen MR) is 128 cm³/mol. The molecule has 0 spiro atoms. The molecule has 6 nitrogen and oxygen atoms in total. The van der Waals surface area contributed by atoms with Crippen molar-refractivity contribution in [2.75, 3.05) is 18.0 Å². The third-order valence-corrected chi connectivity index (χ3v) is 6.23. The lowest BCUT2D eigenvalue weighted by Gasteiger charge is -2.34. The summed E-state index contributed by atoms with van der Waals surface area (Å²) in [5.41, 5.74) is 5.69. The summed E-state index contributed by atoms with van der Waals surface area (Å²) in [4.78, 5) is 14.7. The smallest absolute Gasteiger partial charge is 0.224 e. The van der Waals surface area contributed by atoms with Crippen LogP contribution in [0.1, 0.15) is 35.4 Å². The van der Waals surface area contributed by atoms with Crippen molar-refractivity contribution in [3.63, 3.8) is 0 Å². The van der Waals surface area contributed by atoms with Gasteiger partial charge in [-0.1, -0.05) is 42.5 Å². The number of aryl methyl sites for hydroxylation is 2. The summed E-state index contributed by atoms with van der Waals surface area (Å²) in [5, 5.41) is 11.2. The number of anilines is 1. The fourth-order valence-electron chi connectivity index (χ4n) is 4.18. The molecule has 0 bridgehead atoms. The lowest BCUT2D eigenvalue weighted by molar-refractivity contribution is -0.120. The van der Waals surface area contributed by atoms with Gasteiger partial charge in [-0.25, -0.2) is 0 Å². The van der Waals surface area contributed by atoms with Gasteiger partial charge in [0, 0.05) is 50.6 Å². The molecule has 2 aromatic carbocycles. The maximum absolute atomic E-state index is 12.3. The normalized spacial score (nSPS) is 14.5. The van der Waals surface area contributed by atoms with E-state index in [2.05, 4.69) is 57.9 Å². The molecule has 6 heteroatoms. The summed E-state index contributed by atoms with van der Waals surface area (Å²) in [6.45, 7) is 5.55. The molecule has 1 aliphatic rings. The summed E-state index contributed by atoms with van der Waals surface area (Å²) in [6.07, 6.45) is 2.65. The molecule has 4 rings (SSSR count). The second-order valence-electron chi connectivity index (χ2n) is 8.65. The average Bonchev–Trinajstić information content (AvgIpc) is 3.15. The summed E-state index contributed by atoms with van der Waals surface area (Å²) in [7, 11) is 1.99. The molecular formula is C26H33N5O. The molecule has 3 aromatic rings. The number of hydrogen-bond acceptors (Lipinski definition) is 4. The molecular weight excluding hydrogens is 398 g/mol. The fourth-order valence-corrected chi connectivity index (χ4v) is 4.18. The van der Waals surface area contributed by atoms with Gasteiger partial charge in [0.05, 0.1) is 12.1 Å². The first-order valence-corrected chi connectivity index (χ1v) is 11.4. The Labute approximate surface area is 190 Å². The van der Waals surface area contributed by atoms with Crippen LogP contribution in [0.4, 0.5) is 5.69 Å². The minimum absolute atomic E-state index is 0.0524. The van der Waals surface area contributed by atoms with Crippen LogP contribution in [0.3, 0.4) is 0 Å². The number of nitrogens with one attached hydrogen (secondary N) is 2. The minimum Gasteiger partial charge on any atom is -0.371 e. The number of nitrogens with zero attached hydrogens (tertiary/aromatic N) is 3. The highest BCUT2D eigenvalue weighted by molar-refractivity contribution is 5.78. The Kier molecular flexibility index (Phi) is 7.22. The molecule has 168 valence electrons. The van der Waals surface area contributed by atoms with E-state index >= 15 is 0 Å². The predicted octanol–water partition coefficient (Wildman–Crippen LogP) is 3.35. The average molecular weight is 432 g/mol. The van der Waals surface area contributed by atoms with Gasteiger partial charge in [0.1, 0.15) is 0 Å². The van der Waals surface area contributed by atoms with Gasteiger partial charge in [0.15, 0.2) is 0 Å². The summed E-state index contributed by atoms with van der Waals surface area (Å²) >= 11 is 0. The molecule has 1 aromatic heterocycles. The van der Waals surface area contributed by atoms with Crippen LogP contribution < -0.4 is 15.5 Å². The zero-order valence-corrected chi connectivity index (χ0v) is 19.1. The van der Waals surface area contributed by atoms with E-state index in [-0.39, 0.29) is 5.91 Å². The second-order valence-corrected chi connectivity index (χ2v) is 8.65. The van der Waals surface area contributed by atoms with Gasteiger partial charge in [-0.2, -0.15) is 5.10 Å². The Hall–Kier alpha value is -3.12. The lowest BCUT2D eigenvalue weighted by Crippen LogP contribution is -2.42. The second kappa shape index (κ2) is 10.5. The highest BCUT2D eigenvalue weighted by Gasteiger charge is 2.19. The van der Waals surface area contributed by atoms with Crippen molar-refractivity contribution in [3.05, 3.63) is 83.2 Å². The van der Waals surface area contributed by atoms with Crippen LogP contribution in [0, 0.1) is 6.92 Å². The molecule has 0 aliphatic carbocycles. The van der Waals surface area contributed by atoms with E-state index in [1.54, 1.807) is 0 Å². The zero-order chi connectivity index (χ0) is 22.3. The topological polar surface area (TPSA) is 62.2 Å². The molecule has 0 saturated carbocycles. The van der Waals surface area contributed by atoms with E-state index in [0.717, 1.165) is 49.3 Å². The van der Waals surface area contributed by atoms with E-state index < -0.39 is 0 Å². The van der Waals surface area contributed by atoms with Gasteiger partial charge in [-0.05, 0) is 49.1 Å². The Balaban J connectivity index is 1.20. The van der Waals surface area contributed by atoms with E-state index in [0.29, 0.717) is 19.0 Å². The van der Waals surface area contributed by atoms with Crippen molar-refractivity contribution < 1.29 is 4.79 Å². The van der Waals surface area contributed by atoms with Crippen molar-refractivity contribution in [2.45, 2.75) is 45.3 Å². The Bertz CT molecular complexity index is 985. The van der Waals surface area contributed by atoms with Gasteiger partial charge < -0.3 is 15.5 Å². The fraction of sp³-hybridized carbons (Fsp3) is 0.385. The highest BCUT2D eigenvalue weighted by atomic mass is 16.1. The molecule has 1 amide bonds. The Morgan fingerprint density at radius 2 is 1.72 bits per heavy atom. The van der Waals surface area contributed by atoms with Gasteiger partial charge in [-0.3, -0.25) is 9.48 Å². The lowest BCUT2D eigenvalue weighted by atomic mass is 10.0.